The summed E-state index contributed by atoms with van der Waals surface area (Å²) < 4.78 is 22.8. The van der Waals surface area contributed by atoms with Crippen LogP contribution in [0.15, 0.2) is 24.3 Å². The lowest BCUT2D eigenvalue weighted by Gasteiger charge is -2.16. The van der Waals surface area contributed by atoms with Gasteiger partial charge in [-0.3, -0.25) is 4.79 Å². The molecule has 18 heavy (non-hydrogen) atoms. The maximum Gasteiger partial charge on any atom is 0.251 e. The lowest BCUT2D eigenvalue weighted by molar-refractivity contribution is 0.0965. The first-order valence-corrected chi connectivity index (χ1v) is 7.69. The highest BCUT2D eigenvalue weighted by Crippen LogP contribution is 2.30. The molecule has 2 aliphatic heterocycles. The molecule has 4 nitrogen and oxygen atoms in total. The molecule has 94 valence electrons. The fourth-order valence-electron chi connectivity index (χ4n) is 2.48. The number of amides is 1. The largest absolute Gasteiger partial charge is 0.348 e. The molecule has 0 atom stereocenters. The quantitative estimate of drug-likeness (QED) is 0.826. The molecule has 5 heteroatoms. The minimum Gasteiger partial charge on any atom is -0.348 e. The van der Waals surface area contributed by atoms with Gasteiger partial charge in [0.15, 0.2) is 9.84 Å². The molecule has 1 N–H and O–H groups in total. The molecule has 0 aromatic heterocycles. The van der Waals surface area contributed by atoms with E-state index >= 15 is 0 Å². The van der Waals surface area contributed by atoms with E-state index in [2.05, 4.69) is 5.32 Å². The number of carbonyl (C=O) groups is 1. The molecule has 2 aliphatic rings. The van der Waals surface area contributed by atoms with Gasteiger partial charge >= 0.3 is 0 Å². The fraction of sp³-hybridized carbons (Fsp3) is 0.308. The predicted octanol–water partition coefficient (Wildman–Crippen LogP) is 1.13. The van der Waals surface area contributed by atoms with Gasteiger partial charge in [-0.1, -0.05) is 18.2 Å². The van der Waals surface area contributed by atoms with Crippen molar-refractivity contribution in [3.63, 3.8) is 0 Å². The van der Waals surface area contributed by atoms with Gasteiger partial charge in [0.1, 0.15) is 0 Å². The highest BCUT2D eigenvalue weighted by Gasteiger charge is 2.24. The Balaban J connectivity index is 2.05. The van der Waals surface area contributed by atoms with Crippen LogP contribution in [0.1, 0.15) is 27.9 Å². The van der Waals surface area contributed by atoms with E-state index in [0.29, 0.717) is 18.5 Å². The molecule has 0 fully saturated rings. The maximum absolute atomic E-state index is 11.6. The summed E-state index contributed by atoms with van der Waals surface area (Å²) in [6, 6.07) is 5.62. The zero-order valence-electron chi connectivity index (χ0n) is 9.77. The molecule has 0 bridgehead atoms. The molecule has 0 radical (unpaired) electrons. The standard InChI is InChI=1S/C13H13NO3S/c15-13-11-3-1-2-10(12(11)8-14-13)9-4-6-18(16,17)7-5-9/h1-4H,5-8H2,(H,14,15). The highest BCUT2D eigenvalue weighted by atomic mass is 32.2. The number of sulfone groups is 1. The third-order valence-electron chi connectivity index (χ3n) is 3.46. The summed E-state index contributed by atoms with van der Waals surface area (Å²) in [5, 5.41) is 2.80. The van der Waals surface area contributed by atoms with Crippen LogP contribution in [-0.2, 0) is 16.4 Å². The summed E-state index contributed by atoms with van der Waals surface area (Å²) in [6.07, 6.45) is 2.31. The van der Waals surface area contributed by atoms with Crippen LogP contribution < -0.4 is 5.32 Å². The Hall–Kier alpha value is -1.62. The topological polar surface area (TPSA) is 63.2 Å². The molecule has 1 amide bonds. The zero-order valence-corrected chi connectivity index (χ0v) is 10.6. The van der Waals surface area contributed by atoms with E-state index in [-0.39, 0.29) is 17.4 Å². The Bertz CT molecular complexity index is 659. The minimum absolute atomic E-state index is 0.0455. The monoisotopic (exact) mass is 263 g/mol. The molecule has 1 aromatic carbocycles. The van der Waals surface area contributed by atoms with Gasteiger partial charge in [0, 0.05) is 12.1 Å². The van der Waals surface area contributed by atoms with Crippen LogP contribution in [0.25, 0.3) is 5.57 Å². The van der Waals surface area contributed by atoms with E-state index in [1.165, 1.54) is 0 Å². The van der Waals surface area contributed by atoms with Gasteiger partial charge in [-0.05, 0) is 29.2 Å². The third-order valence-corrected chi connectivity index (χ3v) is 4.96. The van der Waals surface area contributed by atoms with E-state index in [0.717, 1.165) is 16.7 Å². The van der Waals surface area contributed by atoms with Gasteiger partial charge in [-0.25, -0.2) is 8.42 Å². The molecule has 0 spiro atoms. The lowest BCUT2D eigenvalue weighted by Crippen LogP contribution is -2.15. The van der Waals surface area contributed by atoms with Crippen molar-refractivity contribution in [3.05, 3.63) is 41.0 Å². The Kier molecular flexibility index (Phi) is 2.52. The van der Waals surface area contributed by atoms with Crippen molar-refractivity contribution < 1.29 is 13.2 Å². The van der Waals surface area contributed by atoms with Crippen LogP contribution in [0.3, 0.4) is 0 Å². The predicted molar refractivity (Wildman–Crippen MR) is 68.9 cm³/mol. The lowest BCUT2D eigenvalue weighted by atomic mass is 9.95. The Morgan fingerprint density at radius 2 is 1.94 bits per heavy atom. The average molecular weight is 263 g/mol. The van der Waals surface area contributed by atoms with Gasteiger partial charge in [0.05, 0.1) is 11.5 Å². The first kappa shape index (κ1) is 11.5. The second kappa shape index (κ2) is 3.95. The number of allylic oxidation sites excluding steroid dienone is 1. The molecular formula is C13H13NO3S. The number of benzene rings is 1. The van der Waals surface area contributed by atoms with E-state index in [1.807, 2.05) is 12.1 Å². The van der Waals surface area contributed by atoms with E-state index in [4.69, 9.17) is 0 Å². The normalized spacial score (nSPS) is 21.1. The molecule has 0 unspecified atom stereocenters. The van der Waals surface area contributed by atoms with E-state index in [9.17, 15) is 13.2 Å². The van der Waals surface area contributed by atoms with Crippen molar-refractivity contribution in [1.82, 2.24) is 5.32 Å². The van der Waals surface area contributed by atoms with Gasteiger partial charge < -0.3 is 5.32 Å². The fourth-order valence-corrected chi connectivity index (χ4v) is 3.63. The molecule has 0 saturated heterocycles. The Morgan fingerprint density at radius 3 is 2.67 bits per heavy atom. The summed E-state index contributed by atoms with van der Waals surface area (Å²) >= 11 is 0. The van der Waals surface area contributed by atoms with Crippen LogP contribution in [0.5, 0.6) is 0 Å². The van der Waals surface area contributed by atoms with Crippen molar-refractivity contribution >= 4 is 21.3 Å². The van der Waals surface area contributed by atoms with Crippen molar-refractivity contribution in [2.24, 2.45) is 0 Å². The molecule has 0 saturated carbocycles. The third kappa shape index (κ3) is 1.84. The smallest absolute Gasteiger partial charge is 0.251 e. The van der Waals surface area contributed by atoms with Crippen LogP contribution in [0.4, 0.5) is 0 Å². The molecule has 2 heterocycles. The number of hydrogen-bond acceptors (Lipinski definition) is 3. The van der Waals surface area contributed by atoms with Gasteiger partial charge in [-0.2, -0.15) is 0 Å². The van der Waals surface area contributed by atoms with Crippen molar-refractivity contribution in [2.75, 3.05) is 11.5 Å². The Morgan fingerprint density at radius 1 is 1.17 bits per heavy atom. The molecule has 3 rings (SSSR count). The van der Waals surface area contributed by atoms with Gasteiger partial charge in [-0.15, -0.1) is 0 Å². The first-order chi connectivity index (χ1) is 8.57. The number of fused-ring (bicyclic) bond motifs is 1. The molecule has 1 aromatic rings. The zero-order chi connectivity index (χ0) is 12.8. The summed E-state index contributed by atoms with van der Waals surface area (Å²) in [7, 11) is -2.91. The highest BCUT2D eigenvalue weighted by molar-refractivity contribution is 7.91. The Labute approximate surface area is 106 Å². The second-order valence-electron chi connectivity index (χ2n) is 4.61. The number of nitrogens with one attached hydrogen (secondary N) is 1. The minimum atomic E-state index is -2.91. The van der Waals surface area contributed by atoms with Crippen molar-refractivity contribution in [1.29, 1.82) is 0 Å². The van der Waals surface area contributed by atoms with E-state index in [1.54, 1.807) is 12.1 Å². The summed E-state index contributed by atoms with van der Waals surface area (Å²) in [4.78, 5) is 11.6. The summed E-state index contributed by atoms with van der Waals surface area (Å²) in [5.74, 6) is 0.257. The van der Waals surface area contributed by atoms with Crippen molar-refractivity contribution in [3.8, 4) is 0 Å². The number of rotatable bonds is 1. The van der Waals surface area contributed by atoms with Crippen LogP contribution in [0, 0.1) is 0 Å². The molecular weight excluding hydrogens is 250 g/mol. The molecule has 0 aliphatic carbocycles. The summed E-state index contributed by atoms with van der Waals surface area (Å²) in [5.41, 5.74) is 3.76. The van der Waals surface area contributed by atoms with E-state index < -0.39 is 9.84 Å². The maximum atomic E-state index is 11.6. The van der Waals surface area contributed by atoms with Crippen LogP contribution in [0.2, 0.25) is 0 Å². The number of hydrogen-bond donors (Lipinski definition) is 1. The van der Waals surface area contributed by atoms with Crippen LogP contribution in [-0.4, -0.2) is 25.8 Å². The number of carbonyl (C=O) groups excluding carboxylic acids is 1. The second-order valence-corrected chi connectivity index (χ2v) is 6.84. The van der Waals surface area contributed by atoms with Gasteiger partial charge in [0.25, 0.3) is 5.91 Å². The first-order valence-electron chi connectivity index (χ1n) is 5.87. The van der Waals surface area contributed by atoms with Crippen molar-refractivity contribution in [2.45, 2.75) is 13.0 Å². The average Bonchev–Trinajstić information content (AvgIpc) is 2.72. The SMILES string of the molecule is O=C1NCc2c1cccc2C1=CCS(=O)(=O)CC1. The van der Waals surface area contributed by atoms with Gasteiger partial charge in [0.2, 0.25) is 0 Å². The summed E-state index contributed by atoms with van der Waals surface area (Å²) in [6.45, 7) is 0.536. The van der Waals surface area contributed by atoms with Crippen LogP contribution >= 0.6 is 0 Å².